The van der Waals surface area contributed by atoms with Crippen molar-refractivity contribution in [2.45, 2.75) is 78.1 Å². The van der Waals surface area contributed by atoms with Gasteiger partial charge in [-0.2, -0.15) is 0 Å². The van der Waals surface area contributed by atoms with Gasteiger partial charge in [0.1, 0.15) is 0 Å². The molecule has 0 saturated heterocycles. The zero-order valence-electron chi connectivity index (χ0n) is 10.2. The summed E-state index contributed by atoms with van der Waals surface area (Å²) in [6, 6.07) is 0. The van der Waals surface area contributed by atoms with Gasteiger partial charge in [0.05, 0.1) is 0 Å². The van der Waals surface area contributed by atoms with Crippen LogP contribution in [-0.4, -0.2) is 0 Å². The average Bonchev–Trinajstić information content (AvgIpc) is 2.34. The highest BCUT2D eigenvalue weighted by atomic mass is 14.3. The van der Waals surface area contributed by atoms with Crippen molar-refractivity contribution in [1.82, 2.24) is 0 Å². The average molecular weight is 196 g/mol. The molecule has 14 heavy (non-hydrogen) atoms. The van der Waals surface area contributed by atoms with Crippen LogP contribution in [0.25, 0.3) is 0 Å². The van der Waals surface area contributed by atoms with Crippen LogP contribution in [-0.2, 0) is 0 Å². The monoisotopic (exact) mass is 196 g/mol. The molecule has 2 fully saturated rings. The van der Waals surface area contributed by atoms with Crippen molar-refractivity contribution in [2.24, 2.45) is 11.8 Å². The van der Waals surface area contributed by atoms with Crippen molar-refractivity contribution < 1.29 is 0 Å². The summed E-state index contributed by atoms with van der Waals surface area (Å²) in [6.07, 6.45) is 15.4. The second kappa shape index (κ2) is 7.31. The lowest BCUT2D eigenvalue weighted by Gasteiger charge is -2.32. The van der Waals surface area contributed by atoms with Crippen molar-refractivity contribution in [3.05, 3.63) is 0 Å². The van der Waals surface area contributed by atoms with Gasteiger partial charge in [-0.3, -0.25) is 0 Å². The molecule has 2 saturated carbocycles. The first-order valence-corrected chi connectivity index (χ1v) is 6.97. The maximum Gasteiger partial charge on any atom is -0.0386 e. The van der Waals surface area contributed by atoms with E-state index in [0.29, 0.717) is 0 Å². The molecule has 2 aliphatic rings. The van der Waals surface area contributed by atoms with Crippen LogP contribution >= 0.6 is 0 Å². The van der Waals surface area contributed by atoms with Crippen molar-refractivity contribution >= 4 is 0 Å². The predicted octanol–water partition coefficient (Wildman–Crippen LogP) is 5.17. The van der Waals surface area contributed by atoms with Gasteiger partial charge >= 0.3 is 0 Å². The molecule has 0 spiro atoms. The molecule has 0 aromatic heterocycles. The molecule has 0 aromatic rings. The Balaban J connectivity index is 0.000000461. The first-order chi connectivity index (χ1) is 6.97. The Morgan fingerprint density at radius 3 is 1.07 bits per heavy atom. The standard InChI is InChI=1S/C12H22.C2H6/c1-3-7-11(8-4-1)12-9-5-2-6-10-12;1-2/h11-12H,1-10H2;1-2H3. The molecule has 2 rings (SSSR count). The molecule has 0 amide bonds. The van der Waals surface area contributed by atoms with E-state index < -0.39 is 0 Å². The quantitative estimate of drug-likeness (QED) is 0.542. The van der Waals surface area contributed by atoms with E-state index in [1.807, 2.05) is 13.8 Å². The summed E-state index contributed by atoms with van der Waals surface area (Å²) in [5, 5.41) is 0. The summed E-state index contributed by atoms with van der Waals surface area (Å²) in [6.45, 7) is 4.00. The third-order valence-electron chi connectivity index (χ3n) is 3.97. The summed E-state index contributed by atoms with van der Waals surface area (Å²) in [5.74, 6) is 2.28. The van der Waals surface area contributed by atoms with Crippen LogP contribution in [0.3, 0.4) is 0 Å². The van der Waals surface area contributed by atoms with Crippen LogP contribution in [0.15, 0.2) is 0 Å². The van der Waals surface area contributed by atoms with Gasteiger partial charge in [0.25, 0.3) is 0 Å². The largest absolute Gasteiger partial charge is 0.0683 e. The smallest absolute Gasteiger partial charge is 0.0386 e. The normalized spacial score (nSPS) is 25.3. The molecule has 0 bridgehead atoms. The van der Waals surface area contributed by atoms with E-state index in [9.17, 15) is 0 Å². The molecule has 2 aliphatic carbocycles. The fourth-order valence-corrected chi connectivity index (χ4v) is 3.21. The molecule has 0 aromatic carbocycles. The van der Waals surface area contributed by atoms with Crippen LogP contribution in [0.4, 0.5) is 0 Å². The molecule has 0 radical (unpaired) electrons. The van der Waals surface area contributed by atoms with Crippen LogP contribution in [0.5, 0.6) is 0 Å². The van der Waals surface area contributed by atoms with Gasteiger partial charge in [-0.05, 0) is 11.8 Å². The van der Waals surface area contributed by atoms with Crippen molar-refractivity contribution in [2.75, 3.05) is 0 Å². The van der Waals surface area contributed by atoms with Gasteiger partial charge in [-0.25, -0.2) is 0 Å². The third kappa shape index (κ3) is 3.63. The Bertz CT molecular complexity index is 100. The molecule has 0 heteroatoms. The summed E-state index contributed by atoms with van der Waals surface area (Å²) in [4.78, 5) is 0. The van der Waals surface area contributed by atoms with Gasteiger partial charge in [0.2, 0.25) is 0 Å². The Morgan fingerprint density at radius 1 is 0.500 bits per heavy atom. The lowest BCUT2D eigenvalue weighted by molar-refractivity contribution is 0.196. The van der Waals surface area contributed by atoms with E-state index in [0.717, 1.165) is 11.8 Å². The molecule has 0 atom stereocenters. The van der Waals surface area contributed by atoms with Gasteiger partial charge in [0.15, 0.2) is 0 Å². The van der Waals surface area contributed by atoms with E-state index in [-0.39, 0.29) is 0 Å². The zero-order valence-corrected chi connectivity index (χ0v) is 10.2. The van der Waals surface area contributed by atoms with Crippen LogP contribution < -0.4 is 0 Å². The summed E-state index contributed by atoms with van der Waals surface area (Å²) in [5.41, 5.74) is 0. The highest BCUT2D eigenvalue weighted by Crippen LogP contribution is 2.37. The van der Waals surface area contributed by atoms with Gasteiger partial charge in [-0.15, -0.1) is 0 Å². The van der Waals surface area contributed by atoms with E-state index in [2.05, 4.69) is 0 Å². The van der Waals surface area contributed by atoms with E-state index in [1.54, 1.807) is 25.7 Å². The maximum atomic E-state index is 2.00. The van der Waals surface area contributed by atoms with Crippen molar-refractivity contribution in [3.63, 3.8) is 0 Å². The molecule has 0 unspecified atom stereocenters. The Morgan fingerprint density at radius 2 is 0.786 bits per heavy atom. The van der Waals surface area contributed by atoms with Crippen LogP contribution in [0, 0.1) is 11.8 Å². The van der Waals surface area contributed by atoms with E-state index >= 15 is 0 Å². The van der Waals surface area contributed by atoms with Crippen LogP contribution in [0.1, 0.15) is 78.1 Å². The lowest BCUT2D eigenvalue weighted by Crippen LogP contribution is -2.20. The summed E-state index contributed by atoms with van der Waals surface area (Å²) in [7, 11) is 0. The minimum atomic E-state index is 1.14. The second-order valence-corrected chi connectivity index (χ2v) is 4.80. The Kier molecular flexibility index (Phi) is 6.31. The third-order valence-corrected chi connectivity index (χ3v) is 3.97. The van der Waals surface area contributed by atoms with Gasteiger partial charge in [-0.1, -0.05) is 78.1 Å². The van der Waals surface area contributed by atoms with Crippen molar-refractivity contribution in [1.29, 1.82) is 0 Å². The highest BCUT2D eigenvalue weighted by Gasteiger charge is 2.24. The Hall–Kier alpha value is 0. The van der Waals surface area contributed by atoms with Crippen molar-refractivity contribution in [3.8, 4) is 0 Å². The minimum absolute atomic E-state index is 1.14. The first kappa shape index (κ1) is 12.1. The lowest BCUT2D eigenvalue weighted by atomic mass is 9.73. The fraction of sp³-hybridized carbons (Fsp3) is 1.00. The predicted molar refractivity (Wildman–Crippen MR) is 64.5 cm³/mol. The molecular weight excluding hydrogens is 168 g/mol. The molecule has 0 N–H and O–H groups in total. The van der Waals surface area contributed by atoms with Gasteiger partial charge < -0.3 is 0 Å². The topological polar surface area (TPSA) is 0 Å². The molecule has 0 nitrogen and oxygen atoms in total. The molecule has 84 valence electrons. The first-order valence-electron chi connectivity index (χ1n) is 6.97. The van der Waals surface area contributed by atoms with E-state index in [4.69, 9.17) is 0 Å². The second-order valence-electron chi connectivity index (χ2n) is 4.80. The molecular formula is C14H28. The highest BCUT2D eigenvalue weighted by molar-refractivity contribution is 4.76. The SMILES string of the molecule is C1CCC(C2CCCCC2)CC1.CC. The Labute approximate surface area is 90.5 Å². The van der Waals surface area contributed by atoms with Gasteiger partial charge in [0, 0.05) is 0 Å². The zero-order chi connectivity index (χ0) is 10.2. The number of rotatable bonds is 1. The summed E-state index contributed by atoms with van der Waals surface area (Å²) < 4.78 is 0. The number of hydrogen-bond donors (Lipinski definition) is 0. The fourth-order valence-electron chi connectivity index (χ4n) is 3.21. The summed E-state index contributed by atoms with van der Waals surface area (Å²) >= 11 is 0. The minimum Gasteiger partial charge on any atom is -0.0683 e. The van der Waals surface area contributed by atoms with Crippen LogP contribution in [0.2, 0.25) is 0 Å². The molecule has 0 heterocycles. The molecule has 0 aliphatic heterocycles. The number of hydrogen-bond acceptors (Lipinski definition) is 0. The maximum absolute atomic E-state index is 2.00. The van der Waals surface area contributed by atoms with E-state index in [1.165, 1.54) is 38.5 Å².